The first-order valence-corrected chi connectivity index (χ1v) is 8.49. The van der Waals surface area contributed by atoms with Crippen LogP contribution in [0.1, 0.15) is 11.1 Å². The monoisotopic (exact) mass is 378 g/mol. The molecule has 0 bridgehead atoms. The van der Waals surface area contributed by atoms with Crippen molar-refractivity contribution in [1.29, 1.82) is 0 Å². The molecule has 6 nitrogen and oxygen atoms in total. The summed E-state index contributed by atoms with van der Waals surface area (Å²) in [5.41, 5.74) is 2.72. The Morgan fingerprint density at radius 2 is 1.81 bits per heavy atom. The lowest BCUT2D eigenvalue weighted by Crippen LogP contribution is -2.32. The number of methoxy groups -OCH3 is 2. The Labute approximate surface area is 158 Å². The van der Waals surface area contributed by atoms with Gasteiger partial charge < -0.3 is 24.8 Å². The highest BCUT2D eigenvalue weighted by Gasteiger charge is 2.12. The number of nitrogens with one attached hydrogen (secondary N) is 2. The Morgan fingerprint density at radius 1 is 1.08 bits per heavy atom. The first kappa shape index (κ1) is 19.7. The molecule has 2 aromatic rings. The predicted molar refractivity (Wildman–Crippen MR) is 103 cm³/mol. The van der Waals surface area contributed by atoms with Gasteiger partial charge >= 0.3 is 6.03 Å². The van der Waals surface area contributed by atoms with Crippen molar-refractivity contribution in [3.8, 4) is 17.2 Å². The Morgan fingerprint density at radius 3 is 2.50 bits per heavy atom. The lowest BCUT2D eigenvalue weighted by atomic mass is 10.1. The molecule has 140 valence electrons. The minimum absolute atomic E-state index is 0.353. The van der Waals surface area contributed by atoms with E-state index in [1.807, 2.05) is 32.0 Å². The summed E-state index contributed by atoms with van der Waals surface area (Å²) < 4.78 is 16.1. The third-order valence-electron chi connectivity index (χ3n) is 3.92. The van der Waals surface area contributed by atoms with Gasteiger partial charge in [0.15, 0.2) is 0 Å². The van der Waals surface area contributed by atoms with Crippen molar-refractivity contribution in [1.82, 2.24) is 5.32 Å². The zero-order valence-electron chi connectivity index (χ0n) is 15.3. The smallest absolute Gasteiger partial charge is 0.319 e. The van der Waals surface area contributed by atoms with E-state index < -0.39 is 0 Å². The Bertz CT molecular complexity index is 780. The van der Waals surface area contributed by atoms with Gasteiger partial charge in [0.1, 0.15) is 23.9 Å². The summed E-state index contributed by atoms with van der Waals surface area (Å²) in [7, 11) is 3.00. The standard InChI is InChI=1S/C19H23ClN2O4/c1-12-6-5-7-16(13(12)2)26-9-8-21-19(23)22-15-11-17(24-3)14(20)10-18(15)25-4/h5-7,10-11H,8-9H2,1-4H3,(H2,21,22,23). The van der Waals surface area contributed by atoms with Crippen LogP contribution >= 0.6 is 11.6 Å². The second-order valence-electron chi connectivity index (χ2n) is 5.61. The number of carbonyl (C=O) groups is 1. The van der Waals surface area contributed by atoms with Crippen LogP contribution in [0.5, 0.6) is 17.2 Å². The van der Waals surface area contributed by atoms with E-state index in [0.29, 0.717) is 35.4 Å². The Balaban J connectivity index is 1.88. The Hall–Kier alpha value is -2.60. The van der Waals surface area contributed by atoms with E-state index in [1.54, 1.807) is 12.1 Å². The number of benzene rings is 2. The normalized spacial score (nSPS) is 10.2. The third-order valence-corrected chi connectivity index (χ3v) is 4.22. The van der Waals surface area contributed by atoms with E-state index in [9.17, 15) is 4.79 Å². The van der Waals surface area contributed by atoms with Crippen molar-refractivity contribution in [2.24, 2.45) is 0 Å². The van der Waals surface area contributed by atoms with Gasteiger partial charge in [0.25, 0.3) is 0 Å². The molecular weight excluding hydrogens is 356 g/mol. The molecule has 0 radical (unpaired) electrons. The summed E-state index contributed by atoms with van der Waals surface area (Å²) in [5.74, 6) is 1.70. The van der Waals surface area contributed by atoms with Gasteiger partial charge in [-0.2, -0.15) is 0 Å². The molecule has 26 heavy (non-hydrogen) atoms. The molecule has 7 heteroatoms. The molecule has 0 saturated carbocycles. The van der Waals surface area contributed by atoms with E-state index >= 15 is 0 Å². The van der Waals surface area contributed by atoms with Crippen molar-refractivity contribution in [3.05, 3.63) is 46.5 Å². The SMILES string of the molecule is COc1cc(NC(=O)NCCOc2cccc(C)c2C)c(OC)cc1Cl. The zero-order chi connectivity index (χ0) is 19.1. The summed E-state index contributed by atoms with van der Waals surface area (Å²) >= 11 is 6.05. The maximum absolute atomic E-state index is 12.1. The molecular formula is C19H23ClN2O4. The van der Waals surface area contributed by atoms with Crippen molar-refractivity contribution in [3.63, 3.8) is 0 Å². The minimum atomic E-state index is -0.378. The maximum Gasteiger partial charge on any atom is 0.319 e. The van der Waals surface area contributed by atoms with E-state index in [0.717, 1.165) is 16.9 Å². The fourth-order valence-corrected chi connectivity index (χ4v) is 2.56. The number of hydrogen-bond donors (Lipinski definition) is 2. The molecule has 2 N–H and O–H groups in total. The molecule has 0 aliphatic carbocycles. The topological polar surface area (TPSA) is 68.8 Å². The van der Waals surface area contributed by atoms with Crippen LogP contribution < -0.4 is 24.8 Å². The molecule has 2 amide bonds. The van der Waals surface area contributed by atoms with Crippen molar-refractivity contribution < 1.29 is 19.0 Å². The molecule has 2 aromatic carbocycles. The Kier molecular flexibility index (Phi) is 6.97. The van der Waals surface area contributed by atoms with E-state index in [1.165, 1.54) is 14.2 Å². The summed E-state index contributed by atoms with van der Waals surface area (Å²) in [6.45, 7) is 4.75. The predicted octanol–water partition coefficient (Wildman–Crippen LogP) is 4.17. The largest absolute Gasteiger partial charge is 0.495 e. The first-order chi connectivity index (χ1) is 12.5. The van der Waals surface area contributed by atoms with Gasteiger partial charge in [-0.25, -0.2) is 4.79 Å². The quantitative estimate of drug-likeness (QED) is 0.709. The molecule has 0 atom stereocenters. The first-order valence-electron chi connectivity index (χ1n) is 8.11. The number of rotatable bonds is 7. The molecule has 0 heterocycles. The number of carbonyl (C=O) groups excluding carboxylic acids is 1. The fraction of sp³-hybridized carbons (Fsp3) is 0.316. The molecule has 0 unspecified atom stereocenters. The summed E-state index contributed by atoms with van der Waals surface area (Å²) in [5, 5.41) is 5.85. The van der Waals surface area contributed by atoms with E-state index in [-0.39, 0.29) is 6.03 Å². The lowest BCUT2D eigenvalue weighted by Gasteiger charge is -2.14. The van der Waals surface area contributed by atoms with Crippen molar-refractivity contribution in [2.75, 3.05) is 32.7 Å². The van der Waals surface area contributed by atoms with Crippen LogP contribution in [0, 0.1) is 13.8 Å². The van der Waals surface area contributed by atoms with Gasteiger partial charge in [-0.05, 0) is 31.0 Å². The highest BCUT2D eigenvalue weighted by Crippen LogP contribution is 2.35. The number of anilines is 1. The molecule has 2 rings (SSSR count). The van der Waals surface area contributed by atoms with Crippen LogP contribution in [0.2, 0.25) is 5.02 Å². The van der Waals surface area contributed by atoms with Gasteiger partial charge in [-0.1, -0.05) is 23.7 Å². The molecule has 0 aliphatic rings. The number of hydrogen-bond acceptors (Lipinski definition) is 4. The average molecular weight is 379 g/mol. The summed E-state index contributed by atoms with van der Waals surface area (Å²) in [4.78, 5) is 12.1. The van der Waals surface area contributed by atoms with Crippen LogP contribution in [-0.4, -0.2) is 33.4 Å². The average Bonchev–Trinajstić information content (AvgIpc) is 2.63. The van der Waals surface area contributed by atoms with Gasteiger partial charge in [0.05, 0.1) is 31.5 Å². The van der Waals surface area contributed by atoms with Gasteiger partial charge in [0, 0.05) is 12.1 Å². The number of aryl methyl sites for hydroxylation is 1. The second kappa shape index (κ2) is 9.20. The van der Waals surface area contributed by atoms with Crippen LogP contribution in [-0.2, 0) is 0 Å². The van der Waals surface area contributed by atoms with Crippen LogP contribution in [0.25, 0.3) is 0 Å². The molecule has 0 aromatic heterocycles. The van der Waals surface area contributed by atoms with Gasteiger partial charge in [0.2, 0.25) is 0 Å². The minimum Gasteiger partial charge on any atom is -0.495 e. The number of urea groups is 1. The van der Waals surface area contributed by atoms with E-state index in [2.05, 4.69) is 10.6 Å². The van der Waals surface area contributed by atoms with Crippen LogP contribution in [0.3, 0.4) is 0 Å². The maximum atomic E-state index is 12.1. The number of halogens is 1. The molecule has 0 fully saturated rings. The van der Waals surface area contributed by atoms with Crippen LogP contribution in [0.4, 0.5) is 10.5 Å². The van der Waals surface area contributed by atoms with Crippen molar-refractivity contribution >= 4 is 23.3 Å². The number of ether oxygens (including phenoxy) is 3. The number of amides is 2. The van der Waals surface area contributed by atoms with Crippen LogP contribution in [0.15, 0.2) is 30.3 Å². The summed E-state index contributed by atoms with van der Waals surface area (Å²) in [6, 6.07) is 8.69. The second-order valence-corrected chi connectivity index (χ2v) is 6.02. The van der Waals surface area contributed by atoms with Gasteiger partial charge in [-0.3, -0.25) is 0 Å². The zero-order valence-corrected chi connectivity index (χ0v) is 16.1. The van der Waals surface area contributed by atoms with Gasteiger partial charge in [-0.15, -0.1) is 0 Å². The third kappa shape index (κ3) is 4.95. The molecule has 0 aliphatic heterocycles. The van der Waals surface area contributed by atoms with Crippen molar-refractivity contribution in [2.45, 2.75) is 13.8 Å². The highest BCUT2D eigenvalue weighted by molar-refractivity contribution is 6.32. The lowest BCUT2D eigenvalue weighted by molar-refractivity contribution is 0.247. The molecule has 0 spiro atoms. The summed E-state index contributed by atoms with van der Waals surface area (Å²) in [6.07, 6.45) is 0. The molecule has 0 saturated heterocycles. The highest BCUT2D eigenvalue weighted by atomic mass is 35.5. The van der Waals surface area contributed by atoms with E-state index in [4.69, 9.17) is 25.8 Å². The fourth-order valence-electron chi connectivity index (χ4n) is 2.33.